The van der Waals surface area contributed by atoms with Crippen molar-refractivity contribution in [3.8, 4) is 0 Å². The second kappa shape index (κ2) is 6.19. The molecule has 1 rings (SSSR count). The average Bonchev–Trinajstić information content (AvgIpc) is 2.64. The summed E-state index contributed by atoms with van der Waals surface area (Å²) < 4.78 is 1.61. The first-order valence-corrected chi connectivity index (χ1v) is 5.21. The van der Waals surface area contributed by atoms with E-state index in [2.05, 4.69) is 10.4 Å². The first kappa shape index (κ1) is 11.7. The van der Waals surface area contributed by atoms with E-state index < -0.39 is 0 Å². The maximum atomic E-state index is 11.5. The van der Waals surface area contributed by atoms with Gasteiger partial charge in [-0.25, -0.2) is 0 Å². The van der Waals surface area contributed by atoms with Crippen molar-refractivity contribution < 1.29 is 4.79 Å². The number of carbonyl (C=O) groups is 1. The van der Waals surface area contributed by atoms with E-state index in [9.17, 15) is 4.79 Å². The van der Waals surface area contributed by atoms with E-state index in [-0.39, 0.29) is 5.91 Å². The van der Waals surface area contributed by atoms with Crippen molar-refractivity contribution >= 4 is 5.91 Å². The van der Waals surface area contributed by atoms with Crippen LogP contribution < -0.4 is 11.1 Å². The van der Waals surface area contributed by atoms with Gasteiger partial charge in [0.1, 0.15) is 0 Å². The standard InChI is InChI=1S/C10H18N4O/c1-14-8-9(7-13-14)10(15)12-6-4-2-3-5-11/h7-8H,2-6,11H2,1H3,(H,12,15). The van der Waals surface area contributed by atoms with Crippen LogP contribution in [0.25, 0.3) is 0 Å². The van der Waals surface area contributed by atoms with Gasteiger partial charge in [-0.15, -0.1) is 0 Å². The topological polar surface area (TPSA) is 72.9 Å². The van der Waals surface area contributed by atoms with Crippen LogP contribution >= 0.6 is 0 Å². The maximum absolute atomic E-state index is 11.5. The zero-order valence-corrected chi connectivity index (χ0v) is 9.07. The smallest absolute Gasteiger partial charge is 0.254 e. The summed E-state index contributed by atoms with van der Waals surface area (Å²) in [7, 11) is 1.79. The molecule has 3 N–H and O–H groups in total. The van der Waals surface area contributed by atoms with Crippen LogP contribution in [0, 0.1) is 0 Å². The summed E-state index contributed by atoms with van der Waals surface area (Å²) in [6, 6.07) is 0. The Morgan fingerprint density at radius 2 is 2.33 bits per heavy atom. The molecule has 0 aromatic carbocycles. The molecule has 0 aliphatic carbocycles. The molecule has 0 bridgehead atoms. The van der Waals surface area contributed by atoms with Gasteiger partial charge in [0.2, 0.25) is 0 Å². The molecule has 0 aliphatic rings. The number of unbranched alkanes of at least 4 members (excludes halogenated alkanes) is 2. The van der Waals surface area contributed by atoms with Crippen molar-refractivity contribution in [1.82, 2.24) is 15.1 Å². The minimum Gasteiger partial charge on any atom is -0.352 e. The highest BCUT2D eigenvalue weighted by Crippen LogP contribution is 1.96. The number of nitrogens with one attached hydrogen (secondary N) is 1. The molecule has 1 aromatic rings. The molecule has 5 heteroatoms. The van der Waals surface area contributed by atoms with Crippen LogP contribution in [0.1, 0.15) is 29.6 Å². The van der Waals surface area contributed by atoms with Gasteiger partial charge in [0.15, 0.2) is 0 Å². The van der Waals surface area contributed by atoms with E-state index in [1.165, 1.54) is 0 Å². The molecule has 0 spiro atoms. The summed E-state index contributed by atoms with van der Waals surface area (Å²) in [5, 5.41) is 6.77. The predicted molar refractivity (Wildman–Crippen MR) is 58.4 cm³/mol. The van der Waals surface area contributed by atoms with Gasteiger partial charge >= 0.3 is 0 Å². The van der Waals surface area contributed by atoms with Crippen LogP contribution in [0.4, 0.5) is 0 Å². The SMILES string of the molecule is Cn1cc(C(=O)NCCCCCN)cn1. The van der Waals surface area contributed by atoms with Crippen molar-refractivity contribution in [2.24, 2.45) is 12.8 Å². The lowest BCUT2D eigenvalue weighted by Gasteiger charge is -2.02. The number of hydrogen-bond donors (Lipinski definition) is 2. The largest absolute Gasteiger partial charge is 0.352 e. The van der Waals surface area contributed by atoms with E-state index in [1.807, 2.05) is 0 Å². The summed E-state index contributed by atoms with van der Waals surface area (Å²) in [5.74, 6) is -0.0594. The second-order valence-corrected chi connectivity index (χ2v) is 3.51. The first-order chi connectivity index (χ1) is 7.24. The summed E-state index contributed by atoms with van der Waals surface area (Å²) in [6.07, 6.45) is 6.32. The van der Waals surface area contributed by atoms with Gasteiger partial charge in [0.05, 0.1) is 11.8 Å². The minimum atomic E-state index is -0.0594. The number of aromatic nitrogens is 2. The Morgan fingerprint density at radius 1 is 1.53 bits per heavy atom. The number of carbonyl (C=O) groups excluding carboxylic acids is 1. The predicted octanol–water partition coefficient (Wildman–Crippen LogP) is 0.279. The number of aryl methyl sites for hydroxylation is 1. The maximum Gasteiger partial charge on any atom is 0.254 e. The molecule has 1 heterocycles. The van der Waals surface area contributed by atoms with Gasteiger partial charge in [0.25, 0.3) is 5.91 Å². The lowest BCUT2D eigenvalue weighted by molar-refractivity contribution is 0.0953. The molecular formula is C10H18N4O. The fourth-order valence-corrected chi connectivity index (χ4v) is 1.29. The number of amides is 1. The molecule has 5 nitrogen and oxygen atoms in total. The zero-order valence-electron chi connectivity index (χ0n) is 9.07. The Morgan fingerprint density at radius 3 is 2.93 bits per heavy atom. The molecule has 1 amide bonds. The highest BCUT2D eigenvalue weighted by Gasteiger charge is 2.05. The normalized spacial score (nSPS) is 10.3. The quantitative estimate of drug-likeness (QED) is 0.662. The van der Waals surface area contributed by atoms with Crippen molar-refractivity contribution in [3.05, 3.63) is 18.0 Å². The van der Waals surface area contributed by atoms with Gasteiger partial charge in [0, 0.05) is 19.8 Å². The third-order valence-electron chi connectivity index (χ3n) is 2.13. The molecule has 84 valence electrons. The Kier molecular flexibility index (Phi) is 4.83. The van der Waals surface area contributed by atoms with Gasteiger partial charge < -0.3 is 11.1 Å². The summed E-state index contributed by atoms with van der Waals surface area (Å²) in [4.78, 5) is 11.5. The van der Waals surface area contributed by atoms with Gasteiger partial charge in [-0.1, -0.05) is 6.42 Å². The number of nitrogens with two attached hydrogens (primary N) is 1. The third-order valence-corrected chi connectivity index (χ3v) is 2.13. The molecular weight excluding hydrogens is 192 g/mol. The highest BCUT2D eigenvalue weighted by atomic mass is 16.1. The van der Waals surface area contributed by atoms with Gasteiger partial charge in [-0.05, 0) is 19.4 Å². The van der Waals surface area contributed by atoms with Gasteiger partial charge in [-0.3, -0.25) is 9.48 Å². The van der Waals surface area contributed by atoms with E-state index in [1.54, 1.807) is 24.1 Å². The van der Waals surface area contributed by atoms with Crippen molar-refractivity contribution in [2.75, 3.05) is 13.1 Å². The molecule has 0 radical (unpaired) electrons. The lowest BCUT2D eigenvalue weighted by Crippen LogP contribution is -2.24. The summed E-state index contributed by atoms with van der Waals surface area (Å²) >= 11 is 0. The van der Waals surface area contributed by atoms with Crippen LogP contribution in [-0.2, 0) is 7.05 Å². The molecule has 0 unspecified atom stereocenters. The molecule has 15 heavy (non-hydrogen) atoms. The number of nitrogens with zero attached hydrogens (tertiary/aromatic N) is 2. The average molecular weight is 210 g/mol. The number of rotatable bonds is 6. The molecule has 0 saturated carbocycles. The van der Waals surface area contributed by atoms with Crippen molar-refractivity contribution in [3.63, 3.8) is 0 Å². The molecule has 0 fully saturated rings. The van der Waals surface area contributed by atoms with Crippen LogP contribution in [-0.4, -0.2) is 28.8 Å². The number of hydrogen-bond acceptors (Lipinski definition) is 3. The van der Waals surface area contributed by atoms with Crippen LogP contribution in [0.3, 0.4) is 0 Å². The fourth-order valence-electron chi connectivity index (χ4n) is 1.29. The van der Waals surface area contributed by atoms with Crippen LogP contribution in [0.15, 0.2) is 12.4 Å². The van der Waals surface area contributed by atoms with E-state index >= 15 is 0 Å². The Labute approximate surface area is 89.6 Å². The van der Waals surface area contributed by atoms with Crippen molar-refractivity contribution in [2.45, 2.75) is 19.3 Å². The van der Waals surface area contributed by atoms with Crippen molar-refractivity contribution in [1.29, 1.82) is 0 Å². The van der Waals surface area contributed by atoms with E-state index in [4.69, 9.17) is 5.73 Å². The Balaban J connectivity index is 2.19. The summed E-state index contributed by atoms with van der Waals surface area (Å²) in [6.45, 7) is 1.42. The zero-order chi connectivity index (χ0) is 11.1. The molecule has 1 aromatic heterocycles. The van der Waals surface area contributed by atoms with Gasteiger partial charge in [-0.2, -0.15) is 5.10 Å². The molecule has 0 atom stereocenters. The molecule has 0 saturated heterocycles. The third kappa shape index (κ3) is 4.12. The monoisotopic (exact) mass is 210 g/mol. The first-order valence-electron chi connectivity index (χ1n) is 5.21. The Hall–Kier alpha value is -1.36. The summed E-state index contributed by atoms with van der Waals surface area (Å²) in [5.41, 5.74) is 5.97. The molecule has 0 aliphatic heterocycles. The minimum absolute atomic E-state index is 0.0594. The van der Waals surface area contributed by atoms with E-state index in [0.29, 0.717) is 12.1 Å². The lowest BCUT2D eigenvalue weighted by atomic mass is 10.2. The fraction of sp³-hybridized carbons (Fsp3) is 0.600. The Bertz CT molecular complexity index is 308. The van der Waals surface area contributed by atoms with Crippen LogP contribution in [0.2, 0.25) is 0 Å². The van der Waals surface area contributed by atoms with E-state index in [0.717, 1.165) is 25.8 Å². The highest BCUT2D eigenvalue weighted by molar-refractivity contribution is 5.93. The van der Waals surface area contributed by atoms with Crippen LogP contribution in [0.5, 0.6) is 0 Å². The second-order valence-electron chi connectivity index (χ2n) is 3.51.